The van der Waals surface area contributed by atoms with Crippen molar-refractivity contribution in [1.82, 2.24) is 15.0 Å². The number of benzene rings is 1. The molecular formula is C11H12ClN3S. The average molecular weight is 254 g/mol. The predicted octanol–water partition coefficient (Wildman–Crippen LogP) is 3.29. The van der Waals surface area contributed by atoms with Gasteiger partial charge in [0.15, 0.2) is 0 Å². The van der Waals surface area contributed by atoms with E-state index in [-0.39, 0.29) is 5.38 Å². The molecule has 2 aromatic rings. The Morgan fingerprint density at radius 3 is 2.88 bits per heavy atom. The first-order valence-electron chi connectivity index (χ1n) is 4.91. The third kappa shape index (κ3) is 2.39. The van der Waals surface area contributed by atoms with Gasteiger partial charge >= 0.3 is 0 Å². The van der Waals surface area contributed by atoms with Crippen molar-refractivity contribution in [1.29, 1.82) is 0 Å². The van der Waals surface area contributed by atoms with Crippen molar-refractivity contribution in [2.45, 2.75) is 17.2 Å². The highest BCUT2D eigenvalue weighted by molar-refractivity contribution is 7.98. The molecule has 3 nitrogen and oxygen atoms in total. The number of hydrogen-bond donors (Lipinski definition) is 0. The summed E-state index contributed by atoms with van der Waals surface area (Å²) < 4.78 is 1.74. The molecule has 2 rings (SSSR count). The number of hydrogen-bond acceptors (Lipinski definition) is 3. The maximum Gasteiger partial charge on any atom is 0.101 e. The van der Waals surface area contributed by atoms with Crippen LogP contribution in [-0.2, 0) is 0 Å². The summed E-state index contributed by atoms with van der Waals surface area (Å²) >= 11 is 7.65. The maximum absolute atomic E-state index is 5.94. The van der Waals surface area contributed by atoms with E-state index in [2.05, 4.69) is 22.4 Å². The lowest BCUT2D eigenvalue weighted by Gasteiger charge is -2.01. The van der Waals surface area contributed by atoms with Gasteiger partial charge in [-0.1, -0.05) is 11.3 Å². The smallest absolute Gasteiger partial charge is 0.101 e. The standard InChI is InChI=1S/C11H12ClN3S/c1-8(12)11-7-15(14-13-11)9-4-3-5-10(6-9)16-2/h3-8H,1-2H3. The summed E-state index contributed by atoms with van der Waals surface area (Å²) in [5, 5.41) is 7.96. The van der Waals surface area contributed by atoms with E-state index >= 15 is 0 Å². The Hall–Kier alpha value is -1.00. The highest BCUT2D eigenvalue weighted by atomic mass is 35.5. The molecule has 1 aromatic carbocycles. The zero-order valence-corrected chi connectivity index (χ0v) is 10.7. The fourth-order valence-corrected chi connectivity index (χ4v) is 1.89. The van der Waals surface area contributed by atoms with Crippen LogP contribution in [-0.4, -0.2) is 21.2 Å². The van der Waals surface area contributed by atoms with E-state index in [0.29, 0.717) is 0 Å². The Bertz CT molecular complexity index is 482. The first-order valence-corrected chi connectivity index (χ1v) is 6.57. The molecular weight excluding hydrogens is 242 g/mol. The fraction of sp³-hybridized carbons (Fsp3) is 0.273. The quantitative estimate of drug-likeness (QED) is 0.621. The van der Waals surface area contributed by atoms with E-state index in [1.54, 1.807) is 16.4 Å². The van der Waals surface area contributed by atoms with Gasteiger partial charge in [-0.15, -0.1) is 28.5 Å². The van der Waals surface area contributed by atoms with Gasteiger partial charge in [-0.2, -0.15) is 0 Å². The maximum atomic E-state index is 5.94. The molecule has 1 atom stereocenters. The van der Waals surface area contributed by atoms with E-state index in [0.717, 1.165) is 11.4 Å². The lowest BCUT2D eigenvalue weighted by atomic mass is 10.3. The molecule has 0 saturated carbocycles. The summed E-state index contributed by atoms with van der Waals surface area (Å²) in [6.07, 6.45) is 3.91. The highest BCUT2D eigenvalue weighted by Gasteiger charge is 2.07. The number of thioether (sulfide) groups is 1. The summed E-state index contributed by atoms with van der Waals surface area (Å²) in [6, 6.07) is 8.14. The van der Waals surface area contributed by atoms with Gasteiger partial charge in [0.05, 0.1) is 17.3 Å². The van der Waals surface area contributed by atoms with Crippen LogP contribution in [0.2, 0.25) is 0 Å². The zero-order valence-electron chi connectivity index (χ0n) is 9.09. The van der Waals surface area contributed by atoms with E-state index in [1.165, 1.54) is 4.90 Å². The third-order valence-corrected chi connectivity index (χ3v) is 3.19. The molecule has 1 aromatic heterocycles. The van der Waals surface area contributed by atoms with Gasteiger partial charge in [-0.3, -0.25) is 0 Å². The van der Waals surface area contributed by atoms with Crippen molar-refractivity contribution < 1.29 is 0 Å². The number of rotatable bonds is 3. The van der Waals surface area contributed by atoms with Crippen molar-refractivity contribution in [3.8, 4) is 5.69 Å². The van der Waals surface area contributed by atoms with Gasteiger partial charge in [-0.25, -0.2) is 4.68 Å². The summed E-state index contributed by atoms with van der Waals surface area (Å²) in [6.45, 7) is 1.88. The lowest BCUT2D eigenvalue weighted by Crippen LogP contribution is -1.94. The van der Waals surface area contributed by atoms with Crippen LogP contribution in [0.25, 0.3) is 5.69 Å². The molecule has 1 heterocycles. The Labute approximate surface area is 104 Å². The van der Waals surface area contributed by atoms with Crippen LogP contribution in [0.4, 0.5) is 0 Å². The molecule has 84 valence electrons. The van der Waals surface area contributed by atoms with Crippen LogP contribution in [0.3, 0.4) is 0 Å². The molecule has 5 heteroatoms. The third-order valence-electron chi connectivity index (χ3n) is 2.24. The lowest BCUT2D eigenvalue weighted by molar-refractivity contribution is 0.795. The molecule has 0 aliphatic carbocycles. The van der Waals surface area contributed by atoms with Crippen molar-refractivity contribution >= 4 is 23.4 Å². The minimum atomic E-state index is -0.113. The molecule has 0 bridgehead atoms. The number of alkyl halides is 1. The topological polar surface area (TPSA) is 30.7 Å². The molecule has 0 radical (unpaired) electrons. The fourth-order valence-electron chi connectivity index (χ4n) is 1.34. The summed E-state index contributed by atoms with van der Waals surface area (Å²) in [7, 11) is 0. The van der Waals surface area contributed by atoms with Crippen LogP contribution >= 0.6 is 23.4 Å². The molecule has 0 aliphatic heterocycles. The largest absolute Gasteiger partial charge is 0.220 e. The second kappa shape index (κ2) is 4.89. The Morgan fingerprint density at radius 1 is 1.44 bits per heavy atom. The molecule has 16 heavy (non-hydrogen) atoms. The Kier molecular flexibility index (Phi) is 3.51. The van der Waals surface area contributed by atoms with Gasteiger partial charge in [0, 0.05) is 4.90 Å². The molecule has 0 amide bonds. The van der Waals surface area contributed by atoms with E-state index in [1.807, 2.05) is 31.5 Å². The van der Waals surface area contributed by atoms with Crippen LogP contribution in [0, 0.1) is 0 Å². The van der Waals surface area contributed by atoms with Crippen molar-refractivity contribution in [3.05, 3.63) is 36.2 Å². The molecule has 1 unspecified atom stereocenters. The summed E-state index contributed by atoms with van der Waals surface area (Å²) in [4.78, 5) is 1.20. The molecule has 0 spiro atoms. The SMILES string of the molecule is CSc1cccc(-n2cc(C(C)Cl)nn2)c1. The summed E-state index contributed by atoms with van der Waals surface area (Å²) in [5.41, 5.74) is 1.79. The Morgan fingerprint density at radius 2 is 2.25 bits per heavy atom. The first kappa shape index (κ1) is 11.5. The van der Waals surface area contributed by atoms with E-state index in [4.69, 9.17) is 11.6 Å². The summed E-state index contributed by atoms with van der Waals surface area (Å²) in [5.74, 6) is 0. The number of nitrogens with zero attached hydrogens (tertiary/aromatic N) is 3. The molecule has 0 N–H and O–H groups in total. The number of aromatic nitrogens is 3. The van der Waals surface area contributed by atoms with Crippen LogP contribution in [0.15, 0.2) is 35.4 Å². The second-order valence-corrected chi connectivity index (χ2v) is 4.94. The average Bonchev–Trinajstić information content (AvgIpc) is 2.78. The van der Waals surface area contributed by atoms with Crippen molar-refractivity contribution in [2.75, 3.05) is 6.26 Å². The van der Waals surface area contributed by atoms with Gasteiger partial charge in [-0.05, 0) is 31.4 Å². The van der Waals surface area contributed by atoms with Crippen LogP contribution in [0.1, 0.15) is 18.0 Å². The Balaban J connectivity index is 2.34. The van der Waals surface area contributed by atoms with Crippen LogP contribution < -0.4 is 0 Å². The molecule has 0 aliphatic rings. The van der Waals surface area contributed by atoms with Gasteiger partial charge in [0.1, 0.15) is 5.69 Å². The van der Waals surface area contributed by atoms with Gasteiger partial charge < -0.3 is 0 Å². The monoisotopic (exact) mass is 253 g/mol. The molecule has 0 saturated heterocycles. The van der Waals surface area contributed by atoms with Crippen LogP contribution in [0.5, 0.6) is 0 Å². The minimum Gasteiger partial charge on any atom is -0.220 e. The minimum absolute atomic E-state index is 0.113. The molecule has 0 fully saturated rings. The second-order valence-electron chi connectivity index (χ2n) is 3.41. The van der Waals surface area contributed by atoms with E-state index in [9.17, 15) is 0 Å². The van der Waals surface area contributed by atoms with E-state index < -0.39 is 0 Å². The number of halogens is 1. The first-order chi connectivity index (χ1) is 7.70. The normalized spacial score (nSPS) is 12.7. The predicted molar refractivity (Wildman–Crippen MR) is 67.4 cm³/mol. The zero-order chi connectivity index (χ0) is 11.5. The highest BCUT2D eigenvalue weighted by Crippen LogP contribution is 2.20. The van der Waals surface area contributed by atoms with Gasteiger partial charge in [0.25, 0.3) is 0 Å². The van der Waals surface area contributed by atoms with Gasteiger partial charge in [0.2, 0.25) is 0 Å². The van der Waals surface area contributed by atoms with Crippen molar-refractivity contribution in [3.63, 3.8) is 0 Å². The van der Waals surface area contributed by atoms with Crippen molar-refractivity contribution in [2.24, 2.45) is 0 Å².